The molecular formula is C17H18N2O4. The van der Waals surface area contributed by atoms with Crippen molar-refractivity contribution in [1.29, 1.82) is 0 Å². The van der Waals surface area contributed by atoms with E-state index in [1.54, 1.807) is 48.5 Å². The molecule has 2 aromatic carbocycles. The highest BCUT2D eigenvalue weighted by Crippen LogP contribution is 2.34. The standard InChI is InChI=1S/C17H18N2O4/c1-22-13-7-3-11(4-8-13)17(15(18)20,16(19)21)12-5-9-14(23-2)10-6-12/h3-10H,1-2H3,(H2,18,20)(H2,19,21). The van der Waals surface area contributed by atoms with Crippen molar-refractivity contribution in [2.45, 2.75) is 5.41 Å². The molecule has 0 aliphatic heterocycles. The van der Waals surface area contributed by atoms with Crippen LogP contribution in [0.3, 0.4) is 0 Å². The Balaban J connectivity index is 2.67. The van der Waals surface area contributed by atoms with Crippen LogP contribution in [0.2, 0.25) is 0 Å². The van der Waals surface area contributed by atoms with Crippen molar-refractivity contribution in [1.82, 2.24) is 0 Å². The van der Waals surface area contributed by atoms with Gasteiger partial charge in [-0.1, -0.05) is 24.3 Å². The molecule has 0 spiro atoms. The van der Waals surface area contributed by atoms with Gasteiger partial charge in [-0.25, -0.2) is 0 Å². The molecule has 0 saturated heterocycles. The summed E-state index contributed by atoms with van der Waals surface area (Å²) in [6.07, 6.45) is 0. The number of hydrogen-bond donors (Lipinski definition) is 2. The van der Waals surface area contributed by atoms with Gasteiger partial charge in [0.1, 0.15) is 11.5 Å². The lowest BCUT2D eigenvalue weighted by Crippen LogP contribution is -2.52. The van der Waals surface area contributed by atoms with Crippen LogP contribution in [0.4, 0.5) is 0 Å². The number of ether oxygens (including phenoxy) is 2. The van der Waals surface area contributed by atoms with Gasteiger partial charge in [0.25, 0.3) is 0 Å². The number of primary amides is 2. The van der Waals surface area contributed by atoms with Crippen molar-refractivity contribution in [3.63, 3.8) is 0 Å². The summed E-state index contributed by atoms with van der Waals surface area (Å²) < 4.78 is 10.2. The third kappa shape index (κ3) is 2.70. The van der Waals surface area contributed by atoms with Crippen molar-refractivity contribution in [2.24, 2.45) is 11.5 Å². The van der Waals surface area contributed by atoms with Crippen molar-refractivity contribution < 1.29 is 19.1 Å². The van der Waals surface area contributed by atoms with Gasteiger partial charge in [-0.15, -0.1) is 0 Å². The molecule has 0 saturated carbocycles. The fourth-order valence-electron chi connectivity index (χ4n) is 2.54. The number of nitrogens with two attached hydrogens (primary N) is 2. The van der Waals surface area contributed by atoms with Gasteiger partial charge >= 0.3 is 0 Å². The molecule has 2 aromatic rings. The predicted molar refractivity (Wildman–Crippen MR) is 85.2 cm³/mol. The van der Waals surface area contributed by atoms with Crippen LogP contribution in [0.5, 0.6) is 11.5 Å². The lowest BCUT2D eigenvalue weighted by Gasteiger charge is -2.28. The van der Waals surface area contributed by atoms with Gasteiger partial charge in [0.15, 0.2) is 5.41 Å². The number of methoxy groups -OCH3 is 2. The fraction of sp³-hybridized carbons (Fsp3) is 0.176. The van der Waals surface area contributed by atoms with Crippen LogP contribution in [-0.2, 0) is 15.0 Å². The normalized spacial score (nSPS) is 10.9. The molecule has 0 aliphatic rings. The zero-order chi connectivity index (χ0) is 17.0. The van der Waals surface area contributed by atoms with E-state index < -0.39 is 17.2 Å². The SMILES string of the molecule is COc1ccc(C(C(N)=O)(C(N)=O)c2ccc(OC)cc2)cc1. The van der Waals surface area contributed by atoms with Crippen LogP contribution in [0.25, 0.3) is 0 Å². The first-order valence-electron chi connectivity index (χ1n) is 6.85. The zero-order valence-corrected chi connectivity index (χ0v) is 12.9. The summed E-state index contributed by atoms with van der Waals surface area (Å²) in [4.78, 5) is 24.5. The second-order valence-corrected chi connectivity index (χ2v) is 4.94. The van der Waals surface area contributed by atoms with Gasteiger partial charge in [-0.2, -0.15) is 0 Å². The van der Waals surface area contributed by atoms with E-state index in [9.17, 15) is 9.59 Å². The van der Waals surface area contributed by atoms with Gasteiger partial charge in [0, 0.05) is 0 Å². The van der Waals surface area contributed by atoms with Gasteiger partial charge in [-0.3, -0.25) is 9.59 Å². The highest BCUT2D eigenvalue weighted by atomic mass is 16.5. The van der Waals surface area contributed by atoms with Gasteiger partial charge < -0.3 is 20.9 Å². The molecule has 23 heavy (non-hydrogen) atoms. The van der Waals surface area contributed by atoms with E-state index >= 15 is 0 Å². The number of carbonyl (C=O) groups is 2. The third-order valence-corrected chi connectivity index (χ3v) is 3.79. The number of amides is 2. The molecule has 0 aromatic heterocycles. The molecule has 0 bridgehead atoms. The van der Waals surface area contributed by atoms with E-state index in [1.807, 2.05) is 0 Å². The monoisotopic (exact) mass is 314 g/mol. The molecule has 0 atom stereocenters. The summed E-state index contributed by atoms with van der Waals surface area (Å²) in [7, 11) is 3.04. The van der Waals surface area contributed by atoms with E-state index in [1.165, 1.54) is 14.2 Å². The van der Waals surface area contributed by atoms with E-state index in [2.05, 4.69) is 0 Å². The molecule has 6 nitrogen and oxygen atoms in total. The van der Waals surface area contributed by atoms with Gasteiger partial charge in [0.05, 0.1) is 14.2 Å². The average molecular weight is 314 g/mol. The summed E-state index contributed by atoms with van der Waals surface area (Å²) in [5.41, 5.74) is 10.1. The second-order valence-electron chi connectivity index (χ2n) is 4.94. The predicted octanol–water partition coefficient (Wildman–Crippen LogP) is 0.960. The zero-order valence-electron chi connectivity index (χ0n) is 12.9. The second kappa shape index (κ2) is 6.39. The van der Waals surface area contributed by atoms with E-state index in [0.29, 0.717) is 22.6 Å². The lowest BCUT2D eigenvalue weighted by atomic mass is 9.73. The van der Waals surface area contributed by atoms with E-state index in [0.717, 1.165) is 0 Å². The van der Waals surface area contributed by atoms with Crippen molar-refractivity contribution >= 4 is 11.8 Å². The van der Waals surface area contributed by atoms with Crippen LogP contribution < -0.4 is 20.9 Å². The summed E-state index contributed by atoms with van der Waals surface area (Å²) in [6, 6.07) is 12.9. The third-order valence-electron chi connectivity index (χ3n) is 3.79. The highest BCUT2D eigenvalue weighted by molar-refractivity contribution is 6.13. The Kier molecular flexibility index (Phi) is 4.55. The van der Waals surface area contributed by atoms with Crippen LogP contribution in [0.15, 0.2) is 48.5 Å². The Hall–Kier alpha value is -3.02. The first-order valence-corrected chi connectivity index (χ1v) is 6.85. The summed E-state index contributed by atoms with van der Waals surface area (Å²) in [5, 5.41) is 0. The van der Waals surface area contributed by atoms with Crippen LogP contribution in [0.1, 0.15) is 11.1 Å². The molecule has 6 heteroatoms. The minimum Gasteiger partial charge on any atom is -0.497 e. The van der Waals surface area contributed by atoms with Gasteiger partial charge in [0.2, 0.25) is 11.8 Å². The Morgan fingerprint density at radius 2 is 1.04 bits per heavy atom. The number of benzene rings is 2. The molecule has 4 N–H and O–H groups in total. The van der Waals surface area contributed by atoms with E-state index in [-0.39, 0.29) is 0 Å². The Labute approximate surface area is 134 Å². The molecule has 2 rings (SSSR count). The topological polar surface area (TPSA) is 105 Å². The number of rotatable bonds is 6. The first kappa shape index (κ1) is 16.4. The van der Waals surface area contributed by atoms with Crippen molar-refractivity contribution in [3.8, 4) is 11.5 Å². The Morgan fingerprint density at radius 3 is 1.26 bits per heavy atom. The smallest absolute Gasteiger partial charge is 0.242 e. The minimum atomic E-state index is -1.77. The van der Waals surface area contributed by atoms with Crippen molar-refractivity contribution in [3.05, 3.63) is 59.7 Å². The molecular weight excluding hydrogens is 296 g/mol. The molecule has 0 radical (unpaired) electrons. The molecule has 0 heterocycles. The summed E-state index contributed by atoms with van der Waals surface area (Å²) in [6.45, 7) is 0. The number of carbonyl (C=O) groups excluding carboxylic acids is 2. The van der Waals surface area contributed by atoms with Crippen LogP contribution in [0, 0.1) is 0 Å². The van der Waals surface area contributed by atoms with Crippen LogP contribution >= 0.6 is 0 Å². The number of hydrogen-bond acceptors (Lipinski definition) is 4. The summed E-state index contributed by atoms with van der Waals surface area (Å²) in [5.74, 6) is -0.515. The fourth-order valence-corrected chi connectivity index (χ4v) is 2.54. The largest absolute Gasteiger partial charge is 0.497 e. The maximum atomic E-state index is 12.2. The Bertz CT molecular complexity index is 645. The first-order chi connectivity index (χ1) is 11.0. The van der Waals surface area contributed by atoms with E-state index in [4.69, 9.17) is 20.9 Å². The van der Waals surface area contributed by atoms with Crippen molar-refractivity contribution in [2.75, 3.05) is 14.2 Å². The molecule has 2 amide bonds. The Morgan fingerprint density at radius 1 is 0.739 bits per heavy atom. The summed E-state index contributed by atoms with van der Waals surface area (Å²) >= 11 is 0. The molecule has 0 fully saturated rings. The molecule has 120 valence electrons. The van der Waals surface area contributed by atoms with Gasteiger partial charge in [-0.05, 0) is 35.4 Å². The quantitative estimate of drug-likeness (QED) is 0.775. The maximum absolute atomic E-state index is 12.2. The lowest BCUT2D eigenvalue weighted by molar-refractivity contribution is -0.132. The van der Waals surface area contributed by atoms with Crippen LogP contribution in [-0.4, -0.2) is 26.0 Å². The average Bonchev–Trinajstić information content (AvgIpc) is 2.56. The molecule has 0 aliphatic carbocycles. The highest BCUT2D eigenvalue weighted by Gasteiger charge is 2.46. The minimum absolute atomic E-state index is 0.378. The maximum Gasteiger partial charge on any atom is 0.242 e. The molecule has 0 unspecified atom stereocenters.